The number of nitrogens with two attached hydrogens (primary N) is 1. The Kier molecular flexibility index (Phi) is 3.39. The maximum absolute atomic E-state index is 12.6. The molecule has 2 aliphatic heterocycles. The van der Waals surface area contributed by atoms with Gasteiger partial charge in [-0.1, -0.05) is 0 Å². The number of rotatable bonds is 3. The first-order chi connectivity index (χ1) is 9.97. The molecule has 1 atom stereocenters. The lowest BCUT2D eigenvalue weighted by atomic mass is 9.89. The summed E-state index contributed by atoms with van der Waals surface area (Å²) in [6.07, 6.45) is 0.643. The van der Waals surface area contributed by atoms with Crippen LogP contribution in [0, 0.1) is 0 Å². The van der Waals surface area contributed by atoms with E-state index in [-0.39, 0.29) is 31.4 Å². The predicted octanol–water partition coefficient (Wildman–Crippen LogP) is 0.340. The van der Waals surface area contributed by atoms with Crippen LogP contribution < -0.4 is 10.6 Å². The first kappa shape index (κ1) is 14.3. The first-order valence-electron chi connectivity index (χ1n) is 6.74. The quantitative estimate of drug-likeness (QED) is 0.782. The number of amides is 2. The number of fused-ring (bicyclic) bond motifs is 1. The van der Waals surface area contributed by atoms with Gasteiger partial charge in [-0.15, -0.1) is 16.4 Å². The summed E-state index contributed by atoms with van der Waals surface area (Å²) < 4.78 is 0. The highest BCUT2D eigenvalue weighted by Gasteiger charge is 2.51. The number of anilines is 1. The number of piperidine rings is 1. The zero-order chi connectivity index (χ0) is 15.2. The van der Waals surface area contributed by atoms with Crippen molar-refractivity contribution >= 4 is 28.2 Å². The van der Waals surface area contributed by atoms with Crippen molar-refractivity contribution in [3.8, 4) is 5.75 Å². The number of aliphatic hydroxyl groups excluding tert-OH is 1. The standard InChI is InChI=1S/C13H17N3O4S/c1-13(3-2-10(18)15(4-5-17)12(13)19)16-6-8-9(20-16)7-21-11(8)14/h7,17H,2-6,14H2,1H3. The number of carbonyl (C=O) groups is 2. The van der Waals surface area contributed by atoms with Crippen molar-refractivity contribution in [1.29, 1.82) is 0 Å². The lowest BCUT2D eigenvalue weighted by Gasteiger charge is -2.42. The molecule has 2 amide bonds. The van der Waals surface area contributed by atoms with Crippen LogP contribution in [0.4, 0.5) is 5.00 Å². The molecule has 1 aromatic heterocycles. The second-order valence-electron chi connectivity index (χ2n) is 5.42. The topological polar surface area (TPSA) is 96.1 Å². The van der Waals surface area contributed by atoms with E-state index in [0.29, 0.717) is 23.7 Å². The van der Waals surface area contributed by atoms with Crippen LogP contribution >= 0.6 is 11.3 Å². The van der Waals surface area contributed by atoms with E-state index in [9.17, 15) is 9.59 Å². The minimum Gasteiger partial charge on any atom is -0.403 e. The van der Waals surface area contributed by atoms with Crippen molar-refractivity contribution in [3.63, 3.8) is 0 Å². The van der Waals surface area contributed by atoms with Gasteiger partial charge in [-0.05, 0) is 13.3 Å². The van der Waals surface area contributed by atoms with Crippen molar-refractivity contribution in [3.05, 3.63) is 10.9 Å². The fourth-order valence-electron chi connectivity index (χ4n) is 2.74. The van der Waals surface area contributed by atoms with Gasteiger partial charge in [0.05, 0.1) is 24.7 Å². The molecule has 2 aliphatic rings. The molecule has 1 aromatic rings. The molecule has 0 spiro atoms. The fraction of sp³-hybridized carbons (Fsp3) is 0.538. The molecule has 3 rings (SSSR count). The maximum atomic E-state index is 12.6. The SMILES string of the molecule is CC1(N2Cc3c(csc3N)O2)CCC(=O)N(CCO)C1=O. The normalized spacial score (nSPS) is 26.1. The largest absolute Gasteiger partial charge is 0.403 e. The van der Waals surface area contributed by atoms with Crippen molar-refractivity contribution in [2.45, 2.75) is 31.8 Å². The van der Waals surface area contributed by atoms with E-state index in [1.807, 2.05) is 5.38 Å². The molecule has 7 nitrogen and oxygen atoms in total. The van der Waals surface area contributed by atoms with Gasteiger partial charge >= 0.3 is 0 Å². The molecular formula is C13H17N3O4S. The van der Waals surface area contributed by atoms with E-state index in [1.54, 1.807) is 12.0 Å². The van der Waals surface area contributed by atoms with Crippen LogP contribution in [-0.2, 0) is 16.1 Å². The summed E-state index contributed by atoms with van der Waals surface area (Å²) in [4.78, 5) is 31.3. The van der Waals surface area contributed by atoms with E-state index in [1.165, 1.54) is 11.3 Å². The summed E-state index contributed by atoms with van der Waals surface area (Å²) in [5.74, 6) is 0.0942. The first-order valence-corrected chi connectivity index (χ1v) is 7.62. The molecule has 1 fully saturated rings. The third-order valence-corrected chi connectivity index (χ3v) is 4.94. The Bertz CT molecular complexity index is 602. The number of hydroxylamine groups is 2. The molecule has 21 heavy (non-hydrogen) atoms. The maximum Gasteiger partial charge on any atom is 0.252 e. The summed E-state index contributed by atoms with van der Waals surface area (Å²) in [7, 11) is 0. The Morgan fingerprint density at radius 1 is 1.52 bits per heavy atom. The Labute approximate surface area is 125 Å². The van der Waals surface area contributed by atoms with Gasteiger partial charge in [-0.25, -0.2) is 0 Å². The number of hydrogen-bond acceptors (Lipinski definition) is 7. The average molecular weight is 311 g/mol. The molecule has 1 unspecified atom stereocenters. The van der Waals surface area contributed by atoms with Crippen molar-refractivity contribution in [1.82, 2.24) is 9.96 Å². The molecule has 3 N–H and O–H groups in total. The average Bonchev–Trinajstić information content (AvgIpc) is 3.03. The second-order valence-corrected chi connectivity index (χ2v) is 6.33. The van der Waals surface area contributed by atoms with Gasteiger partial charge in [0, 0.05) is 17.4 Å². The molecule has 0 bridgehead atoms. The number of hydrogen-bond donors (Lipinski definition) is 2. The van der Waals surface area contributed by atoms with Crippen LogP contribution in [0.5, 0.6) is 5.75 Å². The van der Waals surface area contributed by atoms with E-state index in [2.05, 4.69) is 0 Å². The minimum absolute atomic E-state index is 0.0183. The number of nitrogens with zero attached hydrogens (tertiary/aromatic N) is 2. The third kappa shape index (κ3) is 2.10. The number of aliphatic hydroxyl groups is 1. The van der Waals surface area contributed by atoms with Crippen molar-refractivity contribution < 1.29 is 19.5 Å². The Balaban J connectivity index is 1.84. The third-order valence-electron chi connectivity index (χ3n) is 4.10. The van der Waals surface area contributed by atoms with Crippen LogP contribution in [-0.4, -0.2) is 45.6 Å². The zero-order valence-electron chi connectivity index (χ0n) is 11.7. The van der Waals surface area contributed by atoms with Gasteiger partial charge in [-0.3, -0.25) is 14.5 Å². The van der Waals surface area contributed by atoms with Crippen molar-refractivity contribution in [2.24, 2.45) is 0 Å². The zero-order valence-corrected chi connectivity index (χ0v) is 12.5. The predicted molar refractivity (Wildman–Crippen MR) is 76.3 cm³/mol. The lowest BCUT2D eigenvalue weighted by Crippen LogP contribution is -2.62. The summed E-state index contributed by atoms with van der Waals surface area (Å²) in [5.41, 5.74) is 5.85. The monoisotopic (exact) mass is 311 g/mol. The van der Waals surface area contributed by atoms with Crippen LogP contribution in [0.3, 0.4) is 0 Å². The molecule has 0 saturated carbocycles. The fourth-order valence-corrected chi connectivity index (χ4v) is 3.46. The highest BCUT2D eigenvalue weighted by atomic mass is 32.1. The molecule has 114 valence electrons. The van der Waals surface area contributed by atoms with Gasteiger partial charge in [0.15, 0.2) is 5.75 Å². The number of β-amino-alcohol motifs (C(OH)–C–C–N with tert-alkyl or cyclic N) is 1. The summed E-state index contributed by atoms with van der Waals surface area (Å²) >= 11 is 1.41. The number of likely N-dealkylation sites (tertiary alicyclic amines) is 1. The Morgan fingerprint density at radius 3 is 2.95 bits per heavy atom. The highest BCUT2D eigenvalue weighted by Crippen LogP contribution is 2.42. The lowest BCUT2D eigenvalue weighted by molar-refractivity contribution is -0.183. The van der Waals surface area contributed by atoms with Crippen LogP contribution in [0.15, 0.2) is 5.38 Å². The van der Waals surface area contributed by atoms with E-state index in [4.69, 9.17) is 15.7 Å². The van der Waals surface area contributed by atoms with Crippen LogP contribution in [0.1, 0.15) is 25.3 Å². The Morgan fingerprint density at radius 2 is 2.29 bits per heavy atom. The highest BCUT2D eigenvalue weighted by molar-refractivity contribution is 7.14. The summed E-state index contributed by atoms with van der Waals surface area (Å²) in [6.45, 7) is 1.96. The Hall–Kier alpha value is -1.64. The molecule has 1 saturated heterocycles. The summed E-state index contributed by atoms with van der Waals surface area (Å²) in [5, 5.41) is 13.1. The molecule has 0 aliphatic carbocycles. The molecule has 8 heteroatoms. The van der Waals surface area contributed by atoms with Crippen molar-refractivity contribution in [2.75, 3.05) is 18.9 Å². The van der Waals surface area contributed by atoms with E-state index >= 15 is 0 Å². The van der Waals surface area contributed by atoms with Crippen LogP contribution in [0.2, 0.25) is 0 Å². The molecule has 0 aromatic carbocycles. The van der Waals surface area contributed by atoms with Gasteiger partial charge in [0.2, 0.25) is 5.91 Å². The minimum atomic E-state index is -0.924. The number of thiophene rings is 1. The molecule has 3 heterocycles. The van der Waals surface area contributed by atoms with Gasteiger partial charge in [0.25, 0.3) is 5.91 Å². The number of carbonyl (C=O) groups excluding carboxylic acids is 2. The van der Waals surface area contributed by atoms with Gasteiger partial charge in [-0.2, -0.15) is 0 Å². The van der Waals surface area contributed by atoms with Gasteiger partial charge in [0.1, 0.15) is 5.54 Å². The van der Waals surface area contributed by atoms with E-state index in [0.717, 1.165) is 10.5 Å². The molecule has 0 radical (unpaired) electrons. The number of nitrogen functional groups attached to an aromatic ring is 1. The van der Waals surface area contributed by atoms with Crippen LogP contribution in [0.25, 0.3) is 0 Å². The van der Waals surface area contributed by atoms with E-state index < -0.39 is 5.54 Å². The second kappa shape index (κ2) is 4.97. The van der Waals surface area contributed by atoms with Gasteiger partial charge < -0.3 is 15.7 Å². The summed E-state index contributed by atoms with van der Waals surface area (Å²) in [6, 6.07) is 0. The smallest absolute Gasteiger partial charge is 0.252 e. The molecular weight excluding hydrogens is 294 g/mol. The number of imide groups is 1.